The second kappa shape index (κ2) is 5.03. The molecule has 100 valence electrons. The van der Waals surface area contributed by atoms with Crippen molar-refractivity contribution in [2.45, 2.75) is 45.1 Å². The van der Waals surface area contributed by atoms with Crippen LogP contribution in [0.15, 0.2) is 24.5 Å². The molecule has 0 radical (unpaired) electrons. The van der Waals surface area contributed by atoms with Crippen LogP contribution in [0.5, 0.6) is 0 Å². The third kappa shape index (κ3) is 2.48. The zero-order valence-corrected chi connectivity index (χ0v) is 11.2. The number of pyridine rings is 1. The largest absolute Gasteiger partial charge is 0.349 e. The summed E-state index contributed by atoms with van der Waals surface area (Å²) >= 11 is 0. The fourth-order valence-electron chi connectivity index (χ4n) is 2.82. The van der Waals surface area contributed by atoms with E-state index in [9.17, 15) is 4.79 Å². The lowest BCUT2D eigenvalue weighted by Gasteiger charge is -2.22. The second-order valence-electron chi connectivity index (χ2n) is 5.34. The summed E-state index contributed by atoms with van der Waals surface area (Å²) in [6.45, 7) is 1.94. The minimum absolute atomic E-state index is 0.00287. The number of carbonyl (C=O) groups is 1. The number of carbonyl (C=O) groups excluding carboxylic acids is 1. The number of amides is 1. The smallest absolute Gasteiger partial charge is 0.255 e. The van der Waals surface area contributed by atoms with E-state index >= 15 is 0 Å². The molecule has 4 nitrogen and oxygen atoms in total. The van der Waals surface area contributed by atoms with E-state index in [0.29, 0.717) is 11.6 Å². The van der Waals surface area contributed by atoms with Crippen molar-refractivity contribution < 1.29 is 4.79 Å². The lowest BCUT2D eigenvalue weighted by atomic mass is 9.95. The standard InChI is InChI=1S/C15H19N3O/c1-11-10-18-9-5-8-13(14(18)16-11)15(19)17-12-6-3-2-4-7-12/h5,8-10,12H,2-4,6-7H2,1H3,(H,17,19). The molecule has 1 aliphatic rings. The third-order valence-electron chi connectivity index (χ3n) is 3.79. The molecule has 2 aromatic heterocycles. The van der Waals surface area contributed by atoms with Crippen LogP contribution in [-0.4, -0.2) is 21.3 Å². The van der Waals surface area contributed by atoms with Gasteiger partial charge in [0.05, 0.1) is 11.3 Å². The SMILES string of the molecule is Cc1cn2cccc(C(=O)NC3CCCCC3)c2n1. The molecule has 4 heteroatoms. The molecule has 0 aromatic carbocycles. The van der Waals surface area contributed by atoms with Crippen molar-refractivity contribution in [2.75, 3.05) is 0 Å². The predicted molar refractivity (Wildman–Crippen MR) is 74.3 cm³/mol. The second-order valence-corrected chi connectivity index (χ2v) is 5.34. The van der Waals surface area contributed by atoms with Gasteiger partial charge in [-0.3, -0.25) is 4.79 Å². The molecule has 1 amide bonds. The molecule has 1 N–H and O–H groups in total. The van der Waals surface area contributed by atoms with Gasteiger partial charge in [-0.05, 0) is 31.9 Å². The van der Waals surface area contributed by atoms with Gasteiger partial charge in [0.1, 0.15) is 5.65 Å². The van der Waals surface area contributed by atoms with Gasteiger partial charge in [-0.15, -0.1) is 0 Å². The van der Waals surface area contributed by atoms with Crippen molar-refractivity contribution in [3.05, 3.63) is 35.8 Å². The van der Waals surface area contributed by atoms with Crippen LogP contribution in [0.2, 0.25) is 0 Å². The number of nitrogens with one attached hydrogen (secondary N) is 1. The number of fused-ring (bicyclic) bond motifs is 1. The Kier molecular flexibility index (Phi) is 3.23. The normalized spacial score (nSPS) is 16.7. The van der Waals surface area contributed by atoms with Crippen LogP contribution in [0.4, 0.5) is 0 Å². The van der Waals surface area contributed by atoms with Gasteiger partial charge in [-0.25, -0.2) is 4.98 Å². The van der Waals surface area contributed by atoms with E-state index < -0.39 is 0 Å². The third-order valence-corrected chi connectivity index (χ3v) is 3.79. The van der Waals surface area contributed by atoms with Crippen LogP contribution < -0.4 is 5.32 Å². The first kappa shape index (κ1) is 12.2. The molecule has 3 rings (SSSR count). The maximum atomic E-state index is 12.4. The Morgan fingerprint density at radius 1 is 1.37 bits per heavy atom. The van der Waals surface area contributed by atoms with Gasteiger partial charge in [0.2, 0.25) is 0 Å². The Morgan fingerprint density at radius 2 is 2.16 bits per heavy atom. The minimum Gasteiger partial charge on any atom is -0.349 e. The van der Waals surface area contributed by atoms with Gasteiger partial charge in [-0.1, -0.05) is 19.3 Å². The molecule has 1 saturated carbocycles. The van der Waals surface area contributed by atoms with E-state index in [0.717, 1.165) is 24.2 Å². The Balaban J connectivity index is 1.84. The van der Waals surface area contributed by atoms with Crippen LogP contribution in [0.1, 0.15) is 48.2 Å². The highest BCUT2D eigenvalue weighted by atomic mass is 16.1. The molecule has 2 heterocycles. The lowest BCUT2D eigenvalue weighted by molar-refractivity contribution is 0.0929. The van der Waals surface area contributed by atoms with Gasteiger partial charge in [0, 0.05) is 18.4 Å². The van der Waals surface area contributed by atoms with E-state index in [2.05, 4.69) is 10.3 Å². The number of aryl methyl sites for hydroxylation is 1. The van der Waals surface area contributed by atoms with Crippen molar-refractivity contribution in [3.63, 3.8) is 0 Å². The highest BCUT2D eigenvalue weighted by Crippen LogP contribution is 2.18. The molecule has 0 unspecified atom stereocenters. The molecule has 0 atom stereocenters. The Hall–Kier alpha value is -1.84. The quantitative estimate of drug-likeness (QED) is 0.899. The highest BCUT2D eigenvalue weighted by molar-refractivity contribution is 5.99. The zero-order chi connectivity index (χ0) is 13.2. The Bertz CT molecular complexity index is 596. The van der Waals surface area contributed by atoms with Crippen LogP contribution in [0, 0.1) is 6.92 Å². The number of hydrogen-bond donors (Lipinski definition) is 1. The number of nitrogens with zero attached hydrogens (tertiary/aromatic N) is 2. The van der Waals surface area contributed by atoms with E-state index in [1.165, 1.54) is 19.3 Å². The number of imidazole rings is 1. The monoisotopic (exact) mass is 257 g/mol. The van der Waals surface area contributed by atoms with Crippen LogP contribution >= 0.6 is 0 Å². The summed E-state index contributed by atoms with van der Waals surface area (Å²) in [4.78, 5) is 16.8. The summed E-state index contributed by atoms with van der Waals surface area (Å²) < 4.78 is 1.91. The first-order chi connectivity index (χ1) is 9.24. The average Bonchev–Trinajstić information content (AvgIpc) is 2.79. The van der Waals surface area contributed by atoms with Crippen LogP contribution in [0.3, 0.4) is 0 Å². The van der Waals surface area contributed by atoms with Crippen molar-refractivity contribution in [1.82, 2.24) is 14.7 Å². The molecule has 19 heavy (non-hydrogen) atoms. The zero-order valence-electron chi connectivity index (χ0n) is 11.2. The van der Waals surface area contributed by atoms with Gasteiger partial charge in [0.15, 0.2) is 0 Å². The van der Waals surface area contributed by atoms with Crippen LogP contribution in [-0.2, 0) is 0 Å². The maximum absolute atomic E-state index is 12.4. The molecule has 2 aromatic rings. The summed E-state index contributed by atoms with van der Waals surface area (Å²) in [5, 5.41) is 3.14. The average molecular weight is 257 g/mol. The van der Waals surface area contributed by atoms with E-state index in [1.54, 1.807) is 0 Å². The van der Waals surface area contributed by atoms with E-state index in [1.807, 2.05) is 35.9 Å². The predicted octanol–water partition coefficient (Wildman–Crippen LogP) is 2.71. The fraction of sp³-hybridized carbons (Fsp3) is 0.467. The molecular formula is C15H19N3O. The molecule has 1 aliphatic carbocycles. The number of aromatic nitrogens is 2. The number of rotatable bonds is 2. The first-order valence-electron chi connectivity index (χ1n) is 6.99. The molecule has 0 spiro atoms. The topological polar surface area (TPSA) is 46.4 Å². The summed E-state index contributed by atoms with van der Waals surface area (Å²) in [6, 6.07) is 4.07. The van der Waals surface area contributed by atoms with Gasteiger partial charge in [-0.2, -0.15) is 0 Å². The molecule has 0 saturated heterocycles. The van der Waals surface area contributed by atoms with E-state index in [-0.39, 0.29) is 5.91 Å². The highest BCUT2D eigenvalue weighted by Gasteiger charge is 2.18. The van der Waals surface area contributed by atoms with Crippen LogP contribution in [0.25, 0.3) is 5.65 Å². The molecule has 0 bridgehead atoms. The van der Waals surface area contributed by atoms with Gasteiger partial charge in [0.25, 0.3) is 5.91 Å². The van der Waals surface area contributed by atoms with E-state index in [4.69, 9.17) is 0 Å². The molecule has 1 fully saturated rings. The molecule has 0 aliphatic heterocycles. The first-order valence-corrected chi connectivity index (χ1v) is 6.99. The van der Waals surface area contributed by atoms with Crippen molar-refractivity contribution in [1.29, 1.82) is 0 Å². The van der Waals surface area contributed by atoms with Gasteiger partial charge < -0.3 is 9.72 Å². The summed E-state index contributed by atoms with van der Waals surface area (Å²) in [6.07, 6.45) is 9.79. The Labute approximate surface area is 112 Å². The fourth-order valence-corrected chi connectivity index (χ4v) is 2.82. The summed E-state index contributed by atoms with van der Waals surface area (Å²) in [5.41, 5.74) is 2.34. The van der Waals surface area contributed by atoms with Gasteiger partial charge >= 0.3 is 0 Å². The minimum atomic E-state index is 0.00287. The molecular weight excluding hydrogens is 238 g/mol. The summed E-state index contributed by atoms with van der Waals surface area (Å²) in [7, 11) is 0. The van der Waals surface area contributed by atoms with Crippen molar-refractivity contribution in [2.24, 2.45) is 0 Å². The summed E-state index contributed by atoms with van der Waals surface area (Å²) in [5.74, 6) is 0.00287. The van der Waals surface area contributed by atoms with Crippen molar-refractivity contribution in [3.8, 4) is 0 Å². The van der Waals surface area contributed by atoms with Crippen molar-refractivity contribution >= 4 is 11.6 Å². The Morgan fingerprint density at radius 3 is 2.95 bits per heavy atom. The number of hydrogen-bond acceptors (Lipinski definition) is 2. The lowest BCUT2D eigenvalue weighted by Crippen LogP contribution is -2.36. The maximum Gasteiger partial charge on any atom is 0.255 e.